The second-order valence-corrected chi connectivity index (χ2v) is 6.04. The van der Waals surface area contributed by atoms with Gasteiger partial charge in [0, 0.05) is 7.05 Å². The first kappa shape index (κ1) is 14.6. The molecule has 108 valence electrons. The molecular formula is C16H23N3O. The van der Waals surface area contributed by atoms with Crippen molar-refractivity contribution in [1.82, 2.24) is 9.78 Å². The van der Waals surface area contributed by atoms with E-state index in [9.17, 15) is 0 Å². The number of nitrogens with zero attached hydrogens (tertiary/aromatic N) is 2. The van der Waals surface area contributed by atoms with E-state index in [0.717, 1.165) is 17.0 Å². The van der Waals surface area contributed by atoms with E-state index in [1.165, 1.54) is 5.56 Å². The van der Waals surface area contributed by atoms with Gasteiger partial charge in [0.05, 0.1) is 19.3 Å². The Kier molecular flexibility index (Phi) is 3.86. The number of hydrogen-bond donors (Lipinski definition) is 1. The molecule has 0 saturated heterocycles. The molecule has 2 N–H and O–H groups in total. The van der Waals surface area contributed by atoms with Crippen molar-refractivity contribution in [3.05, 3.63) is 47.3 Å². The standard InChI is InChI=1S/C16H23N3O/c1-16(2,3)12-9-7-6-8-11(12)14(17)15-13(20-5)10-18-19(15)4/h6-10,14H,17H2,1-5H3. The summed E-state index contributed by atoms with van der Waals surface area (Å²) in [6.45, 7) is 6.58. The van der Waals surface area contributed by atoms with Gasteiger partial charge in [-0.2, -0.15) is 5.10 Å². The molecule has 20 heavy (non-hydrogen) atoms. The minimum Gasteiger partial charge on any atom is -0.493 e. The van der Waals surface area contributed by atoms with E-state index in [-0.39, 0.29) is 11.5 Å². The molecule has 0 saturated carbocycles. The maximum Gasteiger partial charge on any atom is 0.161 e. The van der Waals surface area contributed by atoms with Crippen LogP contribution in [0.3, 0.4) is 0 Å². The van der Waals surface area contributed by atoms with Crippen LogP contribution in [0.4, 0.5) is 0 Å². The van der Waals surface area contributed by atoms with E-state index in [2.05, 4.69) is 44.1 Å². The number of hydrogen-bond acceptors (Lipinski definition) is 3. The van der Waals surface area contributed by atoms with Crippen molar-refractivity contribution >= 4 is 0 Å². The van der Waals surface area contributed by atoms with Crippen LogP contribution in [0.2, 0.25) is 0 Å². The van der Waals surface area contributed by atoms with Crippen molar-refractivity contribution in [3.8, 4) is 5.75 Å². The van der Waals surface area contributed by atoms with Crippen LogP contribution < -0.4 is 10.5 Å². The van der Waals surface area contributed by atoms with Gasteiger partial charge in [-0.3, -0.25) is 4.68 Å². The number of methoxy groups -OCH3 is 1. The molecule has 0 spiro atoms. The van der Waals surface area contributed by atoms with Gasteiger partial charge in [-0.15, -0.1) is 0 Å². The lowest BCUT2D eigenvalue weighted by Gasteiger charge is -2.26. The first-order chi connectivity index (χ1) is 9.36. The van der Waals surface area contributed by atoms with Gasteiger partial charge in [0.15, 0.2) is 5.75 Å². The fraction of sp³-hybridized carbons (Fsp3) is 0.438. The van der Waals surface area contributed by atoms with E-state index in [0.29, 0.717) is 0 Å². The monoisotopic (exact) mass is 273 g/mol. The highest BCUT2D eigenvalue weighted by atomic mass is 16.5. The molecule has 1 unspecified atom stereocenters. The molecule has 1 aromatic carbocycles. The molecule has 0 aliphatic heterocycles. The Balaban J connectivity index is 2.54. The van der Waals surface area contributed by atoms with E-state index >= 15 is 0 Å². The van der Waals surface area contributed by atoms with Crippen molar-refractivity contribution in [2.75, 3.05) is 7.11 Å². The Labute approximate surface area is 120 Å². The fourth-order valence-electron chi connectivity index (χ4n) is 2.54. The van der Waals surface area contributed by atoms with Crippen molar-refractivity contribution in [1.29, 1.82) is 0 Å². The molecule has 4 heteroatoms. The summed E-state index contributed by atoms with van der Waals surface area (Å²) >= 11 is 0. The normalized spacial score (nSPS) is 13.3. The minimum absolute atomic E-state index is 0.0417. The average Bonchev–Trinajstić information content (AvgIpc) is 2.78. The first-order valence-electron chi connectivity index (χ1n) is 6.77. The van der Waals surface area contributed by atoms with Crippen LogP contribution in [0, 0.1) is 0 Å². The number of benzene rings is 1. The zero-order chi connectivity index (χ0) is 14.9. The Bertz CT molecular complexity index is 596. The van der Waals surface area contributed by atoms with E-state index < -0.39 is 0 Å². The summed E-state index contributed by atoms with van der Waals surface area (Å²) in [7, 11) is 3.53. The van der Waals surface area contributed by atoms with Gasteiger partial charge < -0.3 is 10.5 Å². The smallest absolute Gasteiger partial charge is 0.161 e. The van der Waals surface area contributed by atoms with Gasteiger partial charge >= 0.3 is 0 Å². The highest BCUT2D eigenvalue weighted by molar-refractivity contribution is 5.42. The molecule has 0 radical (unpaired) electrons. The van der Waals surface area contributed by atoms with Crippen LogP contribution in [0.25, 0.3) is 0 Å². The van der Waals surface area contributed by atoms with E-state index in [1.807, 2.05) is 13.1 Å². The number of rotatable bonds is 3. The summed E-state index contributed by atoms with van der Waals surface area (Å²) in [4.78, 5) is 0. The maximum absolute atomic E-state index is 6.49. The zero-order valence-electron chi connectivity index (χ0n) is 12.8. The van der Waals surface area contributed by atoms with Gasteiger partial charge in [-0.05, 0) is 16.5 Å². The van der Waals surface area contributed by atoms with Crippen molar-refractivity contribution in [2.45, 2.75) is 32.2 Å². The minimum atomic E-state index is -0.257. The first-order valence-corrected chi connectivity index (χ1v) is 6.77. The van der Waals surface area contributed by atoms with Gasteiger partial charge in [-0.25, -0.2) is 0 Å². The average molecular weight is 273 g/mol. The summed E-state index contributed by atoms with van der Waals surface area (Å²) in [5.74, 6) is 0.726. The molecule has 1 aromatic heterocycles. The van der Waals surface area contributed by atoms with Crippen molar-refractivity contribution in [2.24, 2.45) is 12.8 Å². The van der Waals surface area contributed by atoms with Crippen molar-refractivity contribution < 1.29 is 4.74 Å². The number of aryl methyl sites for hydroxylation is 1. The van der Waals surface area contributed by atoms with Gasteiger partial charge in [-0.1, -0.05) is 45.0 Å². The lowest BCUT2D eigenvalue weighted by atomic mass is 9.81. The highest BCUT2D eigenvalue weighted by Gasteiger charge is 2.25. The van der Waals surface area contributed by atoms with Crippen LogP contribution >= 0.6 is 0 Å². The van der Waals surface area contributed by atoms with Crippen LogP contribution in [0.15, 0.2) is 30.5 Å². The molecule has 0 aliphatic rings. The number of ether oxygens (including phenoxy) is 1. The Morgan fingerprint density at radius 2 is 1.90 bits per heavy atom. The van der Waals surface area contributed by atoms with Crippen LogP contribution in [0.1, 0.15) is 43.6 Å². The predicted octanol–water partition coefficient (Wildman–Crippen LogP) is 2.77. The van der Waals surface area contributed by atoms with Crippen LogP contribution in [-0.2, 0) is 12.5 Å². The van der Waals surface area contributed by atoms with E-state index in [1.54, 1.807) is 18.0 Å². The Morgan fingerprint density at radius 3 is 2.50 bits per heavy atom. The third-order valence-electron chi connectivity index (χ3n) is 3.57. The Morgan fingerprint density at radius 1 is 1.25 bits per heavy atom. The molecule has 0 bridgehead atoms. The SMILES string of the molecule is COc1cnn(C)c1C(N)c1ccccc1C(C)(C)C. The van der Waals surface area contributed by atoms with Gasteiger partial charge in [0.25, 0.3) is 0 Å². The molecule has 1 heterocycles. The highest BCUT2D eigenvalue weighted by Crippen LogP contribution is 2.34. The summed E-state index contributed by atoms with van der Waals surface area (Å²) in [6.07, 6.45) is 1.70. The second kappa shape index (κ2) is 5.29. The zero-order valence-corrected chi connectivity index (χ0v) is 12.8. The van der Waals surface area contributed by atoms with E-state index in [4.69, 9.17) is 10.5 Å². The molecule has 0 amide bonds. The molecule has 2 aromatic rings. The van der Waals surface area contributed by atoms with Crippen molar-refractivity contribution in [3.63, 3.8) is 0 Å². The quantitative estimate of drug-likeness (QED) is 0.935. The lowest BCUT2D eigenvalue weighted by Crippen LogP contribution is -2.22. The topological polar surface area (TPSA) is 53.1 Å². The fourth-order valence-corrected chi connectivity index (χ4v) is 2.54. The molecule has 1 atom stereocenters. The largest absolute Gasteiger partial charge is 0.493 e. The number of nitrogens with two attached hydrogens (primary N) is 1. The summed E-state index contributed by atoms with van der Waals surface area (Å²) in [6, 6.07) is 8.04. The second-order valence-electron chi connectivity index (χ2n) is 6.04. The van der Waals surface area contributed by atoms with Crippen LogP contribution in [0.5, 0.6) is 5.75 Å². The molecule has 0 fully saturated rings. The molecular weight excluding hydrogens is 250 g/mol. The lowest BCUT2D eigenvalue weighted by molar-refractivity contribution is 0.405. The maximum atomic E-state index is 6.49. The van der Waals surface area contributed by atoms with Gasteiger partial charge in [0.1, 0.15) is 5.69 Å². The molecule has 0 aliphatic carbocycles. The van der Waals surface area contributed by atoms with Crippen LogP contribution in [-0.4, -0.2) is 16.9 Å². The summed E-state index contributed by atoms with van der Waals surface area (Å²) in [5.41, 5.74) is 9.79. The predicted molar refractivity (Wildman–Crippen MR) is 80.9 cm³/mol. The third kappa shape index (κ3) is 2.56. The summed E-state index contributed by atoms with van der Waals surface area (Å²) in [5, 5.41) is 4.24. The molecule has 2 rings (SSSR count). The Hall–Kier alpha value is -1.81. The number of aromatic nitrogens is 2. The third-order valence-corrected chi connectivity index (χ3v) is 3.57. The van der Waals surface area contributed by atoms with Gasteiger partial charge in [0.2, 0.25) is 0 Å². The molecule has 4 nitrogen and oxygen atoms in total. The summed E-state index contributed by atoms with van der Waals surface area (Å²) < 4.78 is 7.15.